The highest BCUT2D eigenvalue weighted by Crippen LogP contribution is 2.10. The summed E-state index contributed by atoms with van der Waals surface area (Å²) in [5.74, 6) is 0.818. The second-order valence-electron chi connectivity index (χ2n) is 3.81. The van der Waals surface area contributed by atoms with Crippen LogP contribution in [0.25, 0.3) is 0 Å². The van der Waals surface area contributed by atoms with Crippen LogP contribution in [0.15, 0.2) is 0 Å². The minimum Gasteiger partial charge on any atom is -0.326 e. The predicted octanol–water partition coefficient (Wildman–Crippen LogP) is -0.0787. The molecule has 0 aromatic rings. The maximum absolute atomic E-state index is 11.6. The van der Waals surface area contributed by atoms with Crippen LogP contribution < -0.4 is 5.32 Å². The number of carbonyl (C=O) groups excluding carboxylic acids is 1. The zero-order valence-electron chi connectivity index (χ0n) is 8.95. The molecule has 1 N–H and O–H groups in total. The maximum Gasteiger partial charge on any atom is 0.240 e. The van der Waals surface area contributed by atoms with Crippen molar-refractivity contribution >= 4 is 16.7 Å². The van der Waals surface area contributed by atoms with Crippen molar-refractivity contribution in [2.24, 2.45) is 0 Å². The Morgan fingerprint density at radius 3 is 2.79 bits per heavy atom. The van der Waals surface area contributed by atoms with Gasteiger partial charge >= 0.3 is 0 Å². The van der Waals surface area contributed by atoms with Gasteiger partial charge in [-0.05, 0) is 20.3 Å². The largest absolute Gasteiger partial charge is 0.326 e. The van der Waals surface area contributed by atoms with Crippen LogP contribution in [0.2, 0.25) is 0 Å². The van der Waals surface area contributed by atoms with Crippen molar-refractivity contribution < 1.29 is 9.00 Å². The first kappa shape index (κ1) is 11.7. The third-order valence-corrected chi connectivity index (χ3v) is 3.39. The van der Waals surface area contributed by atoms with Crippen molar-refractivity contribution in [2.45, 2.75) is 32.4 Å². The Hall–Kier alpha value is -0.420. The molecule has 0 saturated carbocycles. The molecule has 0 spiro atoms. The second-order valence-corrected chi connectivity index (χ2v) is 5.36. The molecule has 1 aliphatic rings. The lowest BCUT2D eigenvalue weighted by molar-refractivity contribution is -0.130. The van der Waals surface area contributed by atoms with Crippen LogP contribution in [0.1, 0.15) is 20.3 Å². The zero-order chi connectivity index (χ0) is 10.7. The van der Waals surface area contributed by atoms with E-state index in [0.29, 0.717) is 12.4 Å². The highest BCUT2D eigenvalue weighted by Gasteiger charge is 2.30. The molecule has 14 heavy (non-hydrogen) atoms. The van der Waals surface area contributed by atoms with Crippen molar-refractivity contribution in [3.8, 4) is 0 Å². The van der Waals surface area contributed by atoms with Crippen LogP contribution in [0.3, 0.4) is 0 Å². The standard InChI is InChI=1S/C9H18N2O2S/c1-7(4-5-14(3)13)11-6-10-8(2)9(11)12/h7-8,10H,4-6H2,1-3H3. The summed E-state index contributed by atoms with van der Waals surface area (Å²) in [6, 6.07) is 0.119. The lowest BCUT2D eigenvalue weighted by Crippen LogP contribution is -2.37. The van der Waals surface area contributed by atoms with E-state index in [9.17, 15) is 9.00 Å². The van der Waals surface area contributed by atoms with Crippen LogP contribution in [-0.4, -0.2) is 45.8 Å². The molecule has 3 unspecified atom stereocenters. The molecule has 1 saturated heterocycles. The highest BCUT2D eigenvalue weighted by atomic mass is 32.2. The lowest BCUT2D eigenvalue weighted by atomic mass is 10.2. The second kappa shape index (κ2) is 4.89. The van der Waals surface area contributed by atoms with E-state index in [1.807, 2.05) is 18.7 Å². The van der Waals surface area contributed by atoms with Crippen LogP contribution >= 0.6 is 0 Å². The van der Waals surface area contributed by atoms with Gasteiger partial charge in [0.25, 0.3) is 0 Å². The molecule has 4 nitrogen and oxygen atoms in total. The summed E-state index contributed by atoms with van der Waals surface area (Å²) in [6.45, 7) is 4.50. The Balaban J connectivity index is 2.41. The first-order chi connectivity index (χ1) is 6.52. The van der Waals surface area contributed by atoms with E-state index >= 15 is 0 Å². The van der Waals surface area contributed by atoms with Crippen molar-refractivity contribution in [3.63, 3.8) is 0 Å². The van der Waals surface area contributed by atoms with E-state index in [2.05, 4.69) is 5.32 Å². The Bertz CT molecular complexity index is 245. The van der Waals surface area contributed by atoms with E-state index in [1.165, 1.54) is 0 Å². The predicted molar refractivity (Wildman–Crippen MR) is 57.3 cm³/mol. The maximum atomic E-state index is 11.6. The van der Waals surface area contributed by atoms with E-state index in [0.717, 1.165) is 6.42 Å². The van der Waals surface area contributed by atoms with E-state index < -0.39 is 10.8 Å². The van der Waals surface area contributed by atoms with Gasteiger partial charge in [-0.1, -0.05) is 0 Å². The average molecular weight is 218 g/mol. The monoisotopic (exact) mass is 218 g/mol. The van der Waals surface area contributed by atoms with Crippen molar-refractivity contribution in [1.82, 2.24) is 10.2 Å². The number of nitrogens with zero attached hydrogens (tertiary/aromatic N) is 1. The summed E-state index contributed by atoms with van der Waals surface area (Å²) in [5, 5.41) is 3.09. The van der Waals surface area contributed by atoms with Crippen molar-refractivity contribution in [1.29, 1.82) is 0 Å². The summed E-state index contributed by atoms with van der Waals surface area (Å²) in [4.78, 5) is 13.4. The van der Waals surface area contributed by atoms with Gasteiger partial charge < -0.3 is 4.90 Å². The van der Waals surface area contributed by atoms with Crippen LogP contribution in [0.5, 0.6) is 0 Å². The lowest BCUT2D eigenvalue weighted by Gasteiger charge is -2.23. The van der Waals surface area contributed by atoms with Crippen molar-refractivity contribution in [2.75, 3.05) is 18.7 Å². The molecule has 1 aliphatic heterocycles. The zero-order valence-corrected chi connectivity index (χ0v) is 9.76. The van der Waals surface area contributed by atoms with E-state index in [4.69, 9.17) is 0 Å². The number of rotatable bonds is 4. The molecule has 5 heteroatoms. The average Bonchev–Trinajstić information content (AvgIpc) is 2.44. The smallest absolute Gasteiger partial charge is 0.240 e. The van der Waals surface area contributed by atoms with Crippen LogP contribution in [0, 0.1) is 0 Å². The molecule has 1 fully saturated rings. The summed E-state index contributed by atoms with van der Waals surface area (Å²) in [5.41, 5.74) is 0. The van der Waals surface area contributed by atoms with Gasteiger partial charge in [0, 0.05) is 28.9 Å². The first-order valence-electron chi connectivity index (χ1n) is 4.86. The quantitative estimate of drug-likeness (QED) is 0.718. The number of carbonyl (C=O) groups is 1. The summed E-state index contributed by atoms with van der Waals surface area (Å²) in [7, 11) is -0.765. The van der Waals surface area contributed by atoms with E-state index in [1.54, 1.807) is 6.26 Å². The molecule has 0 aromatic heterocycles. The number of hydrogen-bond acceptors (Lipinski definition) is 3. The Labute approximate surface area is 87.5 Å². The van der Waals surface area contributed by atoms with Gasteiger partial charge in [-0.2, -0.15) is 0 Å². The first-order valence-corrected chi connectivity index (χ1v) is 6.59. The third-order valence-electron chi connectivity index (χ3n) is 2.58. The van der Waals surface area contributed by atoms with Gasteiger partial charge in [0.1, 0.15) is 0 Å². The van der Waals surface area contributed by atoms with Gasteiger partial charge in [-0.15, -0.1) is 0 Å². The molecule has 3 atom stereocenters. The fourth-order valence-corrected chi connectivity index (χ4v) is 2.19. The molecular weight excluding hydrogens is 200 g/mol. The topological polar surface area (TPSA) is 49.4 Å². The fraction of sp³-hybridized carbons (Fsp3) is 0.889. The van der Waals surface area contributed by atoms with Gasteiger partial charge in [0.05, 0.1) is 12.7 Å². The number of nitrogens with one attached hydrogen (secondary N) is 1. The normalized spacial score (nSPS) is 26.6. The van der Waals surface area contributed by atoms with E-state index in [-0.39, 0.29) is 18.0 Å². The summed E-state index contributed by atoms with van der Waals surface area (Å²) >= 11 is 0. The van der Waals surface area contributed by atoms with Gasteiger partial charge in [-0.3, -0.25) is 14.3 Å². The van der Waals surface area contributed by atoms with Gasteiger partial charge in [0.2, 0.25) is 5.91 Å². The fourth-order valence-electron chi connectivity index (χ4n) is 1.51. The Kier molecular flexibility index (Phi) is 4.07. The van der Waals surface area contributed by atoms with Gasteiger partial charge in [0.15, 0.2) is 0 Å². The number of amides is 1. The molecular formula is C9H18N2O2S. The highest BCUT2D eigenvalue weighted by molar-refractivity contribution is 7.84. The van der Waals surface area contributed by atoms with Crippen molar-refractivity contribution in [3.05, 3.63) is 0 Å². The van der Waals surface area contributed by atoms with Crippen LogP contribution in [-0.2, 0) is 15.6 Å². The summed E-state index contributed by atoms with van der Waals surface area (Å²) in [6.07, 6.45) is 2.50. The molecule has 1 amide bonds. The molecule has 82 valence electrons. The Morgan fingerprint density at radius 2 is 2.36 bits per heavy atom. The minimum atomic E-state index is -0.765. The third kappa shape index (κ3) is 2.78. The molecule has 0 aromatic carbocycles. The molecule has 0 bridgehead atoms. The van der Waals surface area contributed by atoms with Gasteiger partial charge in [-0.25, -0.2) is 0 Å². The molecule has 0 radical (unpaired) electrons. The summed E-state index contributed by atoms with van der Waals surface area (Å²) < 4.78 is 10.9. The van der Waals surface area contributed by atoms with Crippen LogP contribution in [0.4, 0.5) is 0 Å². The molecule has 1 heterocycles. The number of hydrogen-bond donors (Lipinski definition) is 1. The minimum absolute atomic E-state index is 0.0652. The Morgan fingerprint density at radius 1 is 1.71 bits per heavy atom. The SMILES string of the molecule is CC1NCN(C(C)CCS(C)=O)C1=O. The molecule has 1 rings (SSSR count). The molecule has 0 aliphatic carbocycles.